The summed E-state index contributed by atoms with van der Waals surface area (Å²) < 4.78 is 38.3. The van der Waals surface area contributed by atoms with E-state index in [1.54, 1.807) is 16.6 Å². The van der Waals surface area contributed by atoms with E-state index in [4.69, 9.17) is 0 Å². The summed E-state index contributed by atoms with van der Waals surface area (Å²) in [5.41, 5.74) is 1.58. The molecular weight excluding hydrogens is 375 g/mol. The van der Waals surface area contributed by atoms with Gasteiger partial charge in [0.1, 0.15) is 15.7 Å². The molecule has 2 unspecified atom stereocenters. The maximum Gasteiger partial charge on any atom is 0.214 e. The van der Waals surface area contributed by atoms with E-state index in [1.165, 1.54) is 29.7 Å². The first-order valence-electron chi connectivity index (χ1n) is 8.46. The predicted molar refractivity (Wildman–Crippen MR) is 101 cm³/mol. The fraction of sp³-hybridized carbons (Fsp3) is 0.412. The van der Waals surface area contributed by atoms with Gasteiger partial charge in [-0.1, -0.05) is 17.8 Å². The molecule has 138 valence electrons. The van der Waals surface area contributed by atoms with Gasteiger partial charge in [-0.2, -0.15) is 0 Å². The number of nitrogens with zero attached hydrogens (tertiary/aromatic N) is 3. The number of fused-ring (bicyclic) bond motifs is 1. The van der Waals surface area contributed by atoms with Gasteiger partial charge in [-0.25, -0.2) is 22.3 Å². The molecule has 0 radical (unpaired) electrons. The minimum atomic E-state index is -3.01. The average molecular weight is 394 g/mol. The van der Waals surface area contributed by atoms with Gasteiger partial charge < -0.3 is 5.32 Å². The van der Waals surface area contributed by atoms with Crippen molar-refractivity contribution in [3.63, 3.8) is 0 Å². The number of imidazole rings is 1. The number of sulfone groups is 1. The summed E-state index contributed by atoms with van der Waals surface area (Å²) in [5, 5.41) is 8.31. The highest BCUT2D eigenvalue weighted by atomic mass is 32.2. The molecule has 3 aromatic rings. The number of halogens is 1. The maximum atomic E-state index is 13.0. The lowest BCUT2D eigenvalue weighted by atomic mass is 9.95. The molecule has 6 nitrogen and oxygen atoms in total. The molecular formula is C17H19FN4O2S2. The summed E-state index contributed by atoms with van der Waals surface area (Å²) >= 11 is 1.42. The Morgan fingerprint density at radius 1 is 1.27 bits per heavy atom. The van der Waals surface area contributed by atoms with Gasteiger partial charge in [-0.15, -0.1) is 5.10 Å². The van der Waals surface area contributed by atoms with Crippen LogP contribution in [0.3, 0.4) is 0 Å². The fourth-order valence-electron chi connectivity index (χ4n) is 3.36. The van der Waals surface area contributed by atoms with Crippen LogP contribution < -0.4 is 5.32 Å². The van der Waals surface area contributed by atoms with Gasteiger partial charge in [-0.05, 0) is 43.5 Å². The summed E-state index contributed by atoms with van der Waals surface area (Å²) in [6.45, 7) is 0. The summed E-state index contributed by atoms with van der Waals surface area (Å²) in [6, 6.07) is 6.30. The molecule has 0 amide bonds. The Balaban J connectivity index is 1.50. The molecule has 1 aliphatic carbocycles. The molecule has 1 fully saturated rings. The van der Waals surface area contributed by atoms with Gasteiger partial charge in [-0.3, -0.25) is 0 Å². The second-order valence-electron chi connectivity index (χ2n) is 6.73. The number of nitrogens with one attached hydrogen (secondary N) is 1. The van der Waals surface area contributed by atoms with Crippen molar-refractivity contribution in [1.82, 2.24) is 14.6 Å². The summed E-state index contributed by atoms with van der Waals surface area (Å²) in [4.78, 5) is 5.28. The number of anilines is 1. The quantitative estimate of drug-likeness (QED) is 0.734. The van der Waals surface area contributed by atoms with Crippen LogP contribution in [0.2, 0.25) is 0 Å². The highest BCUT2D eigenvalue weighted by Gasteiger charge is 2.29. The summed E-state index contributed by atoms with van der Waals surface area (Å²) in [5.74, 6) is -0.278. The van der Waals surface area contributed by atoms with Crippen molar-refractivity contribution in [2.45, 2.75) is 37.0 Å². The molecule has 2 atom stereocenters. The zero-order chi connectivity index (χ0) is 18.3. The van der Waals surface area contributed by atoms with Crippen molar-refractivity contribution in [2.24, 2.45) is 0 Å². The van der Waals surface area contributed by atoms with E-state index < -0.39 is 9.84 Å². The largest absolute Gasteiger partial charge is 0.357 e. The van der Waals surface area contributed by atoms with E-state index in [0.717, 1.165) is 40.6 Å². The van der Waals surface area contributed by atoms with Crippen molar-refractivity contribution in [2.75, 3.05) is 11.6 Å². The lowest BCUT2D eigenvalue weighted by Crippen LogP contribution is -2.34. The van der Waals surface area contributed by atoms with Gasteiger partial charge in [0.2, 0.25) is 10.1 Å². The van der Waals surface area contributed by atoms with Crippen molar-refractivity contribution >= 4 is 31.3 Å². The van der Waals surface area contributed by atoms with Crippen LogP contribution >= 0.6 is 11.3 Å². The molecule has 1 N–H and O–H groups in total. The Labute approximate surface area is 155 Å². The fourth-order valence-corrected chi connectivity index (χ4v) is 5.39. The molecule has 4 rings (SSSR count). The Morgan fingerprint density at radius 2 is 2.04 bits per heavy atom. The van der Waals surface area contributed by atoms with Crippen molar-refractivity contribution in [3.8, 4) is 11.3 Å². The van der Waals surface area contributed by atoms with E-state index in [-0.39, 0.29) is 17.1 Å². The van der Waals surface area contributed by atoms with Gasteiger partial charge in [0.25, 0.3) is 0 Å². The first-order chi connectivity index (χ1) is 12.4. The topological polar surface area (TPSA) is 76.4 Å². The minimum Gasteiger partial charge on any atom is -0.357 e. The number of rotatable bonds is 4. The van der Waals surface area contributed by atoms with Crippen LogP contribution in [-0.2, 0) is 9.84 Å². The molecule has 2 aromatic heterocycles. The Hall–Kier alpha value is -2.00. The van der Waals surface area contributed by atoms with Crippen molar-refractivity contribution in [3.05, 3.63) is 36.3 Å². The number of benzene rings is 1. The van der Waals surface area contributed by atoms with Gasteiger partial charge in [0.15, 0.2) is 0 Å². The van der Waals surface area contributed by atoms with Crippen LogP contribution in [0.4, 0.5) is 9.52 Å². The molecule has 1 aliphatic rings. The van der Waals surface area contributed by atoms with Crippen LogP contribution in [-0.4, -0.2) is 40.6 Å². The van der Waals surface area contributed by atoms with E-state index in [0.29, 0.717) is 6.42 Å². The number of hydrogen-bond acceptors (Lipinski definition) is 6. The zero-order valence-electron chi connectivity index (χ0n) is 14.2. The third-order valence-electron chi connectivity index (χ3n) is 4.74. The SMILES string of the molecule is CS(=O)(=O)C1CCCC(Nc2nn3cc(-c4ccc(F)cc4)nc3s2)C1. The highest BCUT2D eigenvalue weighted by molar-refractivity contribution is 7.91. The molecule has 1 saturated carbocycles. The van der Waals surface area contributed by atoms with Gasteiger partial charge >= 0.3 is 0 Å². The van der Waals surface area contributed by atoms with Crippen LogP contribution in [0, 0.1) is 5.82 Å². The molecule has 0 aliphatic heterocycles. The Bertz CT molecular complexity index is 995. The lowest BCUT2D eigenvalue weighted by molar-refractivity contribution is 0.452. The van der Waals surface area contributed by atoms with E-state index in [2.05, 4.69) is 15.4 Å². The smallest absolute Gasteiger partial charge is 0.214 e. The zero-order valence-corrected chi connectivity index (χ0v) is 15.9. The van der Waals surface area contributed by atoms with E-state index >= 15 is 0 Å². The number of aromatic nitrogens is 3. The second-order valence-corrected chi connectivity index (χ2v) is 10.0. The molecule has 0 spiro atoms. The molecule has 0 bridgehead atoms. The molecule has 9 heteroatoms. The van der Waals surface area contributed by atoms with Crippen molar-refractivity contribution < 1.29 is 12.8 Å². The molecule has 2 heterocycles. The molecule has 26 heavy (non-hydrogen) atoms. The Kier molecular flexibility index (Phi) is 4.44. The van der Waals surface area contributed by atoms with Crippen molar-refractivity contribution in [1.29, 1.82) is 0 Å². The molecule has 1 aromatic carbocycles. The third kappa shape index (κ3) is 3.59. The van der Waals surface area contributed by atoms with Crippen LogP contribution in [0.15, 0.2) is 30.5 Å². The van der Waals surface area contributed by atoms with Crippen LogP contribution in [0.5, 0.6) is 0 Å². The number of hydrogen-bond donors (Lipinski definition) is 1. The normalized spacial score (nSPS) is 21.2. The lowest BCUT2D eigenvalue weighted by Gasteiger charge is -2.28. The highest BCUT2D eigenvalue weighted by Crippen LogP contribution is 2.29. The first-order valence-corrected chi connectivity index (χ1v) is 11.2. The van der Waals surface area contributed by atoms with Crippen LogP contribution in [0.1, 0.15) is 25.7 Å². The monoisotopic (exact) mass is 394 g/mol. The summed E-state index contributed by atoms with van der Waals surface area (Å²) in [7, 11) is -3.01. The van der Waals surface area contributed by atoms with E-state index in [9.17, 15) is 12.8 Å². The Morgan fingerprint density at radius 3 is 2.73 bits per heavy atom. The minimum absolute atomic E-state index is 0.107. The standard InChI is InChI=1S/C17H19FN4O2S2/c1-26(23,24)14-4-2-3-13(9-14)19-16-21-22-10-15(20-17(22)25-16)11-5-7-12(18)8-6-11/h5-8,10,13-14H,2-4,9H2,1H3,(H,19,21). The maximum absolute atomic E-state index is 13.0. The van der Waals surface area contributed by atoms with E-state index in [1.807, 2.05) is 6.20 Å². The van der Waals surface area contributed by atoms with Gasteiger partial charge in [0, 0.05) is 17.9 Å². The average Bonchev–Trinajstić information content (AvgIpc) is 3.13. The summed E-state index contributed by atoms with van der Waals surface area (Å²) in [6.07, 6.45) is 6.31. The van der Waals surface area contributed by atoms with Crippen LogP contribution in [0.25, 0.3) is 16.2 Å². The third-order valence-corrected chi connectivity index (χ3v) is 7.24. The van der Waals surface area contributed by atoms with Gasteiger partial charge in [0.05, 0.1) is 17.1 Å². The first kappa shape index (κ1) is 17.4. The molecule has 0 saturated heterocycles. The second kappa shape index (κ2) is 6.62. The predicted octanol–water partition coefficient (Wildman–Crippen LogP) is 3.36.